The van der Waals surface area contributed by atoms with E-state index in [1.165, 1.54) is 17.0 Å². The van der Waals surface area contributed by atoms with Gasteiger partial charge in [0.05, 0.1) is 19.5 Å². The minimum atomic E-state index is 0.687. The SMILES string of the molecule is COc1ccccc1Nc1nn(CN2CCN(c3cccc(Cl)c3)CC2)c(=S)s1. The summed E-state index contributed by atoms with van der Waals surface area (Å²) in [6.45, 7) is 4.47. The minimum absolute atomic E-state index is 0.687. The van der Waals surface area contributed by atoms with Gasteiger partial charge in [0.1, 0.15) is 5.75 Å². The molecule has 1 N–H and O–H groups in total. The molecule has 1 fully saturated rings. The quantitative estimate of drug-likeness (QED) is 0.544. The summed E-state index contributed by atoms with van der Waals surface area (Å²) in [5.74, 6) is 0.775. The van der Waals surface area contributed by atoms with Crippen LogP contribution >= 0.6 is 35.2 Å². The molecule has 152 valence electrons. The van der Waals surface area contributed by atoms with Gasteiger partial charge >= 0.3 is 0 Å². The molecule has 1 aromatic heterocycles. The Labute approximate surface area is 184 Å². The number of nitrogens with one attached hydrogen (secondary N) is 1. The van der Waals surface area contributed by atoms with Crippen LogP contribution in [0.3, 0.4) is 0 Å². The van der Waals surface area contributed by atoms with Crippen LogP contribution in [-0.4, -0.2) is 48.0 Å². The van der Waals surface area contributed by atoms with E-state index in [1.54, 1.807) is 7.11 Å². The lowest BCUT2D eigenvalue weighted by atomic mass is 10.2. The van der Waals surface area contributed by atoms with E-state index < -0.39 is 0 Å². The van der Waals surface area contributed by atoms with Crippen LogP contribution in [0.4, 0.5) is 16.5 Å². The first kappa shape index (κ1) is 20.2. The summed E-state index contributed by atoms with van der Waals surface area (Å²) in [6, 6.07) is 15.8. The van der Waals surface area contributed by atoms with E-state index in [9.17, 15) is 0 Å². The molecule has 3 aromatic rings. The average molecular weight is 448 g/mol. The second-order valence-electron chi connectivity index (χ2n) is 6.72. The minimum Gasteiger partial charge on any atom is -0.495 e. The molecule has 0 atom stereocenters. The van der Waals surface area contributed by atoms with E-state index in [-0.39, 0.29) is 0 Å². The maximum absolute atomic E-state index is 6.12. The summed E-state index contributed by atoms with van der Waals surface area (Å²) >= 11 is 13.1. The van der Waals surface area contributed by atoms with Gasteiger partial charge in [-0.15, -0.1) is 5.10 Å². The Morgan fingerprint density at radius 3 is 2.69 bits per heavy atom. The van der Waals surface area contributed by atoms with Crippen molar-refractivity contribution in [3.63, 3.8) is 0 Å². The van der Waals surface area contributed by atoms with Crippen LogP contribution in [-0.2, 0) is 6.67 Å². The van der Waals surface area contributed by atoms with Crippen molar-refractivity contribution in [1.82, 2.24) is 14.7 Å². The number of para-hydroxylation sites is 2. The van der Waals surface area contributed by atoms with Crippen molar-refractivity contribution >= 4 is 51.7 Å². The summed E-state index contributed by atoms with van der Waals surface area (Å²) in [5, 5.41) is 9.50. The lowest BCUT2D eigenvalue weighted by Crippen LogP contribution is -2.46. The summed E-state index contributed by atoms with van der Waals surface area (Å²) in [7, 11) is 1.66. The van der Waals surface area contributed by atoms with Crippen LogP contribution in [0.5, 0.6) is 5.75 Å². The lowest BCUT2D eigenvalue weighted by molar-refractivity contribution is 0.195. The van der Waals surface area contributed by atoms with Gasteiger partial charge in [-0.3, -0.25) is 4.90 Å². The van der Waals surface area contributed by atoms with Crippen LogP contribution < -0.4 is 15.0 Å². The molecule has 2 heterocycles. The van der Waals surface area contributed by atoms with Crippen molar-refractivity contribution in [2.45, 2.75) is 6.67 Å². The molecule has 29 heavy (non-hydrogen) atoms. The highest BCUT2D eigenvalue weighted by Gasteiger charge is 2.18. The first-order valence-corrected chi connectivity index (χ1v) is 10.9. The fourth-order valence-electron chi connectivity index (χ4n) is 3.32. The van der Waals surface area contributed by atoms with Gasteiger partial charge in [0.15, 0.2) is 3.95 Å². The summed E-state index contributed by atoms with van der Waals surface area (Å²) < 4.78 is 8.02. The largest absolute Gasteiger partial charge is 0.495 e. The molecule has 0 radical (unpaired) electrons. The third kappa shape index (κ3) is 4.90. The molecule has 0 saturated carbocycles. The summed E-state index contributed by atoms with van der Waals surface area (Å²) in [6.07, 6.45) is 0. The molecule has 6 nitrogen and oxygen atoms in total. The van der Waals surface area contributed by atoms with Crippen LogP contribution in [0.15, 0.2) is 48.5 Å². The van der Waals surface area contributed by atoms with Crippen LogP contribution in [0.1, 0.15) is 0 Å². The van der Waals surface area contributed by atoms with Crippen molar-refractivity contribution in [3.8, 4) is 5.75 Å². The maximum atomic E-state index is 6.12. The van der Waals surface area contributed by atoms with Crippen molar-refractivity contribution in [2.24, 2.45) is 0 Å². The van der Waals surface area contributed by atoms with Crippen molar-refractivity contribution in [3.05, 3.63) is 57.5 Å². The van der Waals surface area contributed by atoms with E-state index >= 15 is 0 Å². The fraction of sp³-hybridized carbons (Fsp3) is 0.300. The lowest BCUT2D eigenvalue weighted by Gasteiger charge is -2.35. The van der Waals surface area contributed by atoms with Gasteiger partial charge in [0.25, 0.3) is 0 Å². The molecule has 0 spiro atoms. The van der Waals surface area contributed by atoms with Gasteiger partial charge < -0.3 is 15.0 Å². The molecular weight excluding hydrogens is 426 g/mol. The number of piperazine rings is 1. The number of anilines is 3. The molecule has 0 amide bonds. The zero-order valence-electron chi connectivity index (χ0n) is 16.0. The van der Waals surface area contributed by atoms with Crippen molar-refractivity contribution in [1.29, 1.82) is 0 Å². The monoisotopic (exact) mass is 447 g/mol. The Hall–Kier alpha value is -2.13. The summed E-state index contributed by atoms with van der Waals surface area (Å²) in [5.41, 5.74) is 2.05. The zero-order valence-corrected chi connectivity index (χ0v) is 18.4. The maximum Gasteiger partial charge on any atom is 0.209 e. The van der Waals surface area contributed by atoms with Crippen molar-refractivity contribution < 1.29 is 4.74 Å². The van der Waals surface area contributed by atoms with Gasteiger partial charge in [-0.1, -0.05) is 41.1 Å². The van der Waals surface area contributed by atoms with Gasteiger partial charge in [-0.25, -0.2) is 4.68 Å². The third-order valence-electron chi connectivity index (χ3n) is 4.83. The van der Waals surface area contributed by atoms with E-state index in [2.05, 4.69) is 26.3 Å². The van der Waals surface area contributed by atoms with Crippen LogP contribution in [0, 0.1) is 3.95 Å². The number of hydrogen-bond donors (Lipinski definition) is 1. The van der Waals surface area contributed by atoms with E-state index in [0.717, 1.165) is 51.7 Å². The first-order valence-electron chi connectivity index (χ1n) is 9.33. The number of hydrogen-bond acceptors (Lipinski definition) is 7. The van der Waals surface area contributed by atoms with Crippen LogP contribution in [0.25, 0.3) is 0 Å². The Kier molecular flexibility index (Phi) is 6.34. The van der Waals surface area contributed by atoms with E-state index in [0.29, 0.717) is 6.67 Å². The second kappa shape index (κ2) is 9.13. The Bertz CT molecular complexity index is 1030. The number of halogens is 1. The van der Waals surface area contributed by atoms with Crippen LogP contribution in [0.2, 0.25) is 5.02 Å². The molecule has 1 aliphatic rings. The third-order valence-corrected chi connectivity index (χ3v) is 6.29. The Morgan fingerprint density at radius 1 is 1.14 bits per heavy atom. The van der Waals surface area contributed by atoms with E-state index in [1.807, 2.05) is 47.1 Å². The Balaban J connectivity index is 1.38. The number of aromatic nitrogens is 2. The molecule has 1 aliphatic heterocycles. The van der Waals surface area contributed by atoms with E-state index in [4.69, 9.17) is 28.6 Å². The standard InChI is InChI=1S/C20H22ClN5OS2/c1-27-18-8-3-2-7-17(18)22-19-23-26(20(28)29-19)14-24-9-11-25(12-10-24)16-6-4-5-15(21)13-16/h2-8,13H,9-12,14H2,1H3,(H,22,23). The van der Waals surface area contributed by atoms with Gasteiger partial charge in [-0.05, 0) is 42.5 Å². The average Bonchev–Trinajstić information content (AvgIpc) is 3.07. The zero-order chi connectivity index (χ0) is 20.2. The predicted molar refractivity (Wildman–Crippen MR) is 122 cm³/mol. The van der Waals surface area contributed by atoms with Gasteiger partial charge in [-0.2, -0.15) is 0 Å². The summed E-state index contributed by atoms with van der Waals surface area (Å²) in [4.78, 5) is 4.72. The number of ether oxygens (including phenoxy) is 1. The van der Waals surface area contributed by atoms with Gasteiger partial charge in [0, 0.05) is 36.9 Å². The number of methoxy groups -OCH3 is 1. The molecular formula is C20H22ClN5OS2. The fourth-order valence-corrected chi connectivity index (χ4v) is 4.51. The molecule has 9 heteroatoms. The number of benzene rings is 2. The van der Waals surface area contributed by atoms with Crippen molar-refractivity contribution in [2.75, 3.05) is 43.5 Å². The second-order valence-corrected chi connectivity index (χ2v) is 8.78. The molecule has 0 aliphatic carbocycles. The molecule has 1 saturated heterocycles. The molecule has 4 rings (SSSR count). The molecule has 0 unspecified atom stereocenters. The highest BCUT2D eigenvalue weighted by molar-refractivity contribution is 7.73. The topological polar surface area (TPSA) is 45.6 Å². The molecule has 0 bridgehead atoms. The Morgan fingerprint density at radius 2 is 1.93 bits per heavy atom. The first-order chi connectivity index (χ1) is 14.1. The highest BCUT2D eigenvalue weighted by Crippen LogP contribution is 2.28. The number of rotatable bonds is 6. The predicted octanol–water partition coefficient (Wildman–Crippen LogP) is 4.86. The highest BCUT2D eigenvalue weighted by atomic mass is 35.5. The number of nitrogens with zero attached hydrogens (tertiary/aromatic N) is 4. The van der Waals surface area contributed by atoms with Gasteiger partial charge in [0.2, 0.25) is 5.13 Å². The smallest absolute Gasteiger partial charge is 0.209 e. The molecule has 2 aromatic carbocycles. The normalized spacial score (nSPS) is 14.8.